The third-order valence-electron chi connectivity index (χ3n) is 3.24. The van der Waals surface area contributed by atoms with Gasteiger partial charge in [0.05, 0.1) is 12.2 Å². The summed E-state index contributed by atoms with van der Waals surface area (Å²) in [4.78, 5) is 5.13. The second-order valence-electron chi connectivity index (χ2n) is 4.62. The van der Waals surface area contributed by atoms with Crippen LogP contribution in [0.4, 0.5) is 5.69 Å². The molecule has 0 saturated heterocycles. The number of benzene rings is 1. The Labute approximate surface area is 130 Å². The largest absolute Gasteiger partial charge is 0.380 e. The molecule has 0 saturated carbocycles. The van der Waals surface area contributed by atoms with Crippen molar-refractivity contribution < 1.29 is 0 Å². The van der Waals surface area contributed by atoms with Crippen LogP contribution in [0.15, 0.2) is 24.7 Å². The van der Waals surface area contributed by atoms with E-state index in [1.54, 1.807) is 17.2 Å². The highest BCUT2D eigenvalue weighted by molar-refractivity contribution is 7.15. The highest BCUT2D eigenvalue weighted by atomic mass is 35.5. The lowest BCUT2D eigenvalue weighted by Gasteiger charge is -2.13. The molecule has 0 spiro atoms. The van der Waals surface area contributed by atoms with Crippen molar-refractivity contribution in [3.05, 3.63) is 45.1 Å². The lowest BCUT2D eigenvalue weighted by molar-refractivity contribution is 0.788. The van der Waals surface area contributed by atoms with Gasteiger partial charge in [-0.3, -0.25) is 0 Å². The van der Waals surface area contributed by atoms with Crippen molar-refractivity contribution in [1.82, 2.24) is 25.2 Å². The van der Waals surface area contributed by atoms with Crippen LogP contribution in [0.5, 0.6) is 0 Å². The molecule has 0 fully saturated rings. The van der Waals surface area contributed by atoms with Crippen molar-refractivity contribution >= 4 is 28.6 Å². The molecule has 3 aromatic rings. The van der Waals surface area contributed by atoms with Crippen molar-refractivity contribution in [3.63, 3.8) is 0 Å². The van der Waals surface area contributed by atoms with Crippen LogP contribution in [0.25, 0.3) is 5.69 Å². The summed E-state index contributed by atoms with van der Waals surface area (Å²) >= 11 is 7.32. The molecule has 108 valence electrons. The minimum absolute atomic E-state index is 0.558. The maximum atomic E-state index is 5.85. The summed E-state index contributed by atoms with van der Waals surface area (Å²) in [5.74, 6) is 0. The standard InChI is InChI=1S/C13H13ClN6S/c1-8-3-10(20-7-17-18-19-20)4-12(9(8)2)15-5-11-6-16-13(14)21-11/h3-4,6-7,15H,5H2,1-2H3. The number of rotatable bonds is 4. The monoisotopic (exact) mass is 320 g/mol. The van der Waals surface area contributed by atoms with Crippen molar-refractivity contribution in [3.8, 4) is 5.69 Å². The van der Waals surface area contributed by atoms with Crippen LogP contribution in [0.3, 0.4) is 0 Å². The second-order valence-corrected chi connectivity index (χ2v) is 6.32. The van der Waals surface area contributed by atoms with Gasteiger partial charge in [0.2, 0.25) is 0 Å². The molecular weight excluding hydrogens is 308 g/mol. The molecule has 0 aliphatic carbocycles. The van der Waals surface area contributed by atoms with E-state index in [0.717, 1.165) is 16.3 Å². The Bertz CT molecular complexity index is 752. The van der Waals surface area contributed by atoms with Gasteiger partial charge in [0, 0.05) is 16.8 Å². The van der Waals surface area contributed by atoms with Gasteiger partial charge in [0.25, 0.3) is 0 Å². The Hall–Kier alpha value is -1.99. The first-order chi connectivity index (χ1) is 10.1. The van der Waals surface area contributed by atoms with Gasteiger partial charge in [0.15, 0.2) is 4.47 Å². The fourth-order valence-electron chi connectivity index (χ4n) is 1.98. The first-order valence-electron chi connectivity index (χ1n) is 6.32. The van der Waals surface area contributed by atoms with E-state index < -0.39 is 0 Å². The van der Waals surface area contributed by atoms with Crippen molar-refractivity contribution in [1.29, 1.82) is 0 Å². The zero-order valence-electron chi connectivity index (χ0n) is 11.5. The third-order valence-corrected chi connectivity index (χ3v) is 4.36. The molecule has 8 heteroatoms. The summed E-state index contributed by atoms with van der Waals surface area (Å²) in [5, 5.41) is 14.7. The molecule has 3 rings (SSSR count). The number of anilines is 1. The van der Waals surface area contributed by atoms with Gasteiger partial charge in [-0.05, 0) is 47.5 Å². The molecule has 0 bridgehead atoms. The number of nitrogens with zero attached hydrogens (tertiary/aromatic N) is 5. The van der Waals surface area contributed by atoms with E-state index in [2.05, 4.69) is 45.7 Å². The number of hydrogen-bond donors (Lipinski definition) is 1. The lowest BCUT2D eigenvalue weighted by Crippen LogP contribution is -2.04. The first-order valence-corrected chi connectivity index (χ1v) is 7.51. The summed E-state index contributed by atoms with van der Waals surface area (Å²) in [6.07, 6.45) is 3.37. The molecule has 1 N–H and O–H groups in total. The van der Waals surface area contributed by atoms with E-state index in [4.69, 9.17) is 11.6 Å². The maximum absolute atomic E-state index is 5.85. The van der Waals surface area contributed by atoms with Crippen molar-refractivity contribution in [2.45, 2.75) is 20.4 Å². The number of nitrogens with one attached hydrogen (secondary N) is 1. The van der Waals surface area contributed by atoms with Crippen LogP contribution in [0.2, 0.25) is 4.47 Å². The van der Waals surface area contributed by atoms with Gasteiger partial charge < -0.3 is 5.32 Å². The summed E-state index contributed by atoms with van der Waals surface area (Å²) in [6.45, 7) is 4.84. The average molecular weight is 321 g/mol. The minimum atomic E-state index is 0.558. The molecule has 21 heavy (non-hydrogen) atoms. The third kappa shape index (κ3) is 3.03. The molecule has 2 aromatic heterocycles. The van der Waals surface area contributed by atoms with Crippen LogP contribution >= 0.6 is 22.9 Å². The Morgan fingerprint density at radius 3 is 2.86 bits per heavy atom. The highest BCUT2D eigenvalue weighted by Crippen LogP contribution is 2.25. The quantitative estimate of drug-likeness (QED) is 0.800. The van der Waals surface area contributed by atoms with Crippen LogP contribution in [-0.4, -0.2) is 25.2 Å². The Kier molecular flexibility index (Phi) is 3.85. The first kappa shape index (κ1) is 14.0. The summed E-state index contributed by atoms with van der Waals surface area (Å²) < 4.78 is 2.20. The second kappa shape index (κ2) is 5.79. The molecule has 0 unspecified atom stereocenters. The maximum Gasteiger partial charge on any atom is 0.183 e. The summed E-state index contributed by atoms with van der Waals surface area (Å²) in [7, 11) is 0. The van der Waals surface area contributed by atoms with E-state index in [0.29, 0.717) is 11.0 Å². The van der Waals surface area contributed by atoms with E-state index in [-0.39, 0.29) is 0 Å². The molecule has 0 aliphatic rings. The van der Waals surface area contributed by atoms with Gasteiger partial charge in [-0.1, -0.05) is 11.6 Å². The van der Waals surface area contributed by atoms with Crippen molar-refractivity contribution in [2.24, 2.45) is 0 Å². The molecule has 0 radical (unpaired) electrons. The van der Waals surface area contributed by atoms with Gasteiger partial charge >= 0.3 is 0 Å². The number of hydrogen-bond acceptors (Lipinski definition) is 6. The van der Waals surface area contributed by atoms with Gasteiger partial charge in [-0.15, -0.1) is 16.4 Å². The predicted octanol–water partition coefficient (Wildman–Crippen LogP) is 3.00. The topological polar surface area (TPSA) is 68.5 Å². The van der Waals surface area contributed by atoms with Crippen LogP contribution in [0, 0.1) is 13.8 Å². The van der Waals surface area contributed by atoms with Crippen molar-refractivity contribution in [2.75, 3.05) is 5.32 Å². The number of halogens is 1. The minimum Gasteiger partial charge on any atom is -0.380 e. The molecule has 0 amide bonds. The fraction of sp³-hybridized carbons (Fsp3) is 0.231. The molecule has 2 heterocycles. The Morgan fingerprint density at radius 1 is 1.33 bits per heavy atom. The lowest BCUT2D eigenvalue weighted by atomic mass is 10.1. The zero-order valence-corrected chi connectivity index (χ0v) is 13.1. The summed E-state index contributed by atoms with van der Waals surface area (Å²) in [5.41, 5.74) is 4.34. The highest BCUT2D eigenvalue weighted by Gasteiger charge is 2.08. The van der Waals surface area contributed by atoms with Crippen LogP contribution < -0.4 is 5.32 Å². The number of tetrazole rings is 1. The average Bonchev–Trinajstić information content (AvgIpc) is 3.11. The van der Waals surface area contributed by atoms with E-state index in [1.807, 2.05) is 6.07 Å². The normalized spacial score (nSPS) is 10.8. The number of aromatic nitrogens is 5. The molecule has 1 aromatic carbocycles. The van der Waals surface area contributed by atoms with Crippen LogP contribution in [0.1, 0.15) is 16.0 Å². The van der Waals surface area contributed by atoms with Gasteiger partial charge in [0.1, 0.15) is 6.33 Å². The van der Waals surface area contributed by atoms with Gasteiger partial charge in [-0.2, -0.15) is 0 Å². The van der Waals surface area contributed by atoms with E-state index in [9.17, 15) is 0 Å². The Balaban J connectivity index is 1.87. The Morgan fingerprint density at radius 2 is 2.19 bits per heavy atom. The van der Waals surface area contributed by atoms with Gasteiger partial charge in [-0.25, -0.2) is 9.67 Å². The van der Waals surface area contributed by atoms with E-state index in [1.165, 1.54) is 22.5 Å². The smallest absolute Gasteiger partial charge is 0.183 e. The molecule has 0 aliphatic heterocycles. The van der Waals surface area contributed by atoms with E-state index >= 15 is 0 Å². The van der Waals surface area contributed by atoms with Crippen LogP contribution in [-0.2, 0) is 6.54 Å². The number of thiazole rings is 1. The molecule has 0 atom stereocenters. The number of aryl methyl sites for hydroxylation is 1. The molecular formula is C13H13ClN6S. The predicted molar refractivity (Wildman–Crippen MR) is 83.1 cm³/mol. The zero-order chi connectivity index (χ0) is 14.8. The fourth-order valence-corrected chi connectivity index (χ4v) is 2.90. The SMILES string of the molecule is Cc1cc(-n2cnnn2)cc(NCc2cnc(Cl)s2)c1C. The molecule has 6 nitrogen and oxygen atoms in total. The summed E-state index contributed by atoms with van der Waals surface area (Å²) in [6, 6.07) is 4.09.